The maximum Gasteiger partial charge on any atom is 0.326 e. The third-order valence-electron chi connectivity index (χ3n) is 7.20. The van der Waals surface area contributed by atoms with Gasteiger partial charge in [0.15, 0.2) is 0 Å². The maximum atomic E-state index is 12.6. The number of halogens is 1. The molecule has 0 spiro atoms. The molecule has 1 aliphatic rings. The highest BCUT2D eigenvalue weighted by atomic mass is 35.5. The number of carbonyl (C=O) groups excluding carboxylic acids is 1. The van der Waals surface area contributed by atoms with E-state index in [4.69, 9.17) is 21.3 Å². The van der Waals surface area contributed by atoms with E-state index < -0.39 is 12.0 Å². The molecular formula is C32H39ClN4O4. The Morgan fingerprint density at radius 2 is 1.83 bits per heavy atom. The number of carboxylic acid groups (broad SMARTS) is 1. The van der Waals surface area contributed by atoms with E-state index in [0.717, 1.165) is 62.5 Å². The molecule has 1 aliphatic heterocycles. The highest BCUT2D eigenvalue weighted by Gasteiger charge is 2.21. The third-order valence-corrected chi connectivity index (χ3v) is 7.57. The van der Waals surface area contributed by atoms with E-state index in [2.05, 4.69) is 27.7 Å². The highest BCUT2D eigenvalue weighted by molar-refractivity contribution is 6.31. The molecule has 3 N–H and O–H groups in total. The zero-order valence-electron chi connectivity index (χ0n) is 23.4. The number of carboxylic acids is 1. The number of hydrogen-bond acceptors (Lipinski definition) is 6. The van der Waals surface area contributed by atoms with E-state index in [1.165, 1.54) is 5.56 Å². The zero-order chi connectivity index (χ0) is 28.9. The fourth-order valence-corrected chi connectivity index (χ4v) is 5.13. The summed E-state index contributed by atoms with van der Waals surface area (Å²) in [7, 11) is 0. The van der Waals surface area contributed by atoms with Gasteiger partial charge in [-0.1, -0.05) is 54.1 Å². The normalized spacial score (nSPS) is 13.2. The predicted octanol–water partition coefficient (Wildman–Crippen LogP) is 5.00. The number of unbranched alkanes of at least 4 members (excludes halogenated alkanes) is 1. The summed E-state index contributed by atoms with van der Waals surface area (Å²) in [6.07, 6.45) is 5.34. The Hall–Kier alpha value is -3.62. The Bertz CT molecular complexity index is 1270. The van der Waals surface area contributed by atoms with Crippen molar-refractivity contribution in [2.45, 2.75) is 51.0 Å². The van der Waals surface area contributed by atoms with Crippen LogP contribution in [0.5, 0.6) is 5.75 Å². The van der Waals surface area contributed by atoms with Gasteiger partial charge in [-0.15, -0.1) is 0 Å². The number of rotatable bonds is 16. The van der Waals surface area contributed by atoms with E-state index in [0.29, 0.717) is 30.3 Å². The van der Waals surface area contributed by atoms with Crippen LogP contribution in [0.25, 0.3) is 0 Å². The Balaban J connectivity index is 1.28. The fraction of sp³-hybridized carbons (Fsp3) is 0.406. The number of pyridine rings is 1. The van der Waals surface area contributed by atoms with Crippen LogP contribution in [-0.4, -0.2) is 65.7 Å². The molecule has 0 saturated heterocycles. The minimum Gasteiger partial charge on any atom is -0.492 e. The lowest BCUT2D eigenvalue weighted by molar-refractivity contribution is -0.142. The van der Waals surface area contributed by atoms with E-state index in [1.54, 1.807) is 24.3 Å². The summed E-state index contributed by atoms with van der Waals surface area (Å²) in [5.74, 6) is 0.404. The van der Waals surface area contributed by atoms with Gasteiger partial charge in [-0.05, 0) is 80.5 Å². The van der Waals surface area contributed by atoms with Gasteiger partial charge in [-0.3, -0.25) is 9.69 Å². The number of carbonyl (C=O) groups is 2. The van der Waals surface area contributed by atoms with Gasteiger partial charge in [0.25, 0.3) is 0 Å². The highest BCUT2D eigenvalue weighted by Crippen LogP contribution is 2.20. The second-order valence-corrected chi connectivity index (χ2v) is 10.7. The third kappa shape index (κ3) is 10.1. The molecule has 0 bridgehead atoms. The van der Waals surface area contributed by atoms with Gasteiger partial charge in [-0.2, -0.15) is 0 Å². The molecule has 1 atom stereocenters. The number of benzene rings is 2. The van der Waals surface area contributed by atoms with Gasteiger partial charge < -0.3 is 20.5 Å². The summed E-state index contributed by atoms with van der Waals surface area (Å²) in [4.78, 5) is 31.6. The molecular weight excluding hydrogens is 540 g/mol. The number of aliphatic carboxylic acids is 1. The number of fused-ring (bicyclic) bond motifs is 1. The van der Waals surface area contributed by atoms with Crippen LogP contribution in [0, 0.1) is 0 Å². The lowest BCUT2D eigenvalue weighted by Crippen LogP contribution is -2.44. The average molecular weight is 579 g/mol. The molecule has 2 aromatic carbocycles. The Morgan fingerprint density at radius 1 is 1.02 bits per heavy atom. The molecule has 8 nitrogen and oxygen atoms in total. The van der Waals surface area contributed by atoms with E-state index >= 15 is 0 Å². The first-order chi connectivity index (χ1) is 20.0. The van der Waals surface area contributed by atoms with Crippen molar-refractivity contribution in [1.82, 2.24) is 15.2 Å². The molecule has 1 amide bonds. The topological polar surface area (TPSA) is 104 Å². The van der Waals surface area contributed by atoms with Gasteiger partial charge >= 0.3 is 5.97 Å². The molecule has 4 rings (SSSR count). The van der Waals surface area contributed by atoms with Crippen LogP contribution < -0.4 is 15.4 Å². The van der Waals surface area contributed by atoms with E-state index in [9.17, 15) is 14.7 Å². The lowest BCUT2D eigenvalue weighted by Gasteiger charge is -2.24. The SMILES string of the molecule is O=C(Cc1ccccc1Cl)NC(CCN(CCCCc1ccc2c(n1)NCCC2)CCOc1ccccc1)C(=O)O. The first-order valence-electron chi connectivity index (χ1n) is 14.4. The number of hydrogen-bond donors (Lipinski definition) is 3. The van der Waals surface area contributed by atoms with Gasteiger partial charge in [0.2, 0.25) is 5.91 Å². The van der Waals surface area contributed by atoms with Crippen LogP contribution in [0.4, 0.5) is 5.82 Å². The molecule has 1 aromatic heterocycles. The minimum atomic E-state index is -1.05. The second-order valence-electron chi connectivity index (χ2n) is 10.3. The molecule has 2 heterocycles. The first kappa shape index (κ1) is 30.3. The van der Waals surface area contributed by atoms with Crippen molar-refractivity contribution in [2.24, 2.45) is 0 Å². The molecule has 3 aromatic rings. The van der Waals surface area contributed by atoms with Crippen molar-refractivity contribution in [3.05, 3.63) is 88.6 Å². The van der Waals surface area contributed by atoms with Crippen molar-refractivity contribution < 1.29 is 19.4 Å². The molecule has 0 fully saturated rings. The number of nitrogens with zero attached hydrogens (tertiary/aromatic N) is 2. The Kier molecular flexibility index (Phi) is 11.8. The molecule has 0 aliphatic carbocycles. The standard InChI is InChI=1S/C32H39ClN4O4/c33-28-14-5-4-9-25(28)23-30(38)36-29(32(39)40)17-20-37(21-22-41-27-12-2-1-3-13-27)19-7-6-11-26-16-15-24-10-8-18-34-31(24)35-26/h1-5,9,12-16,29H,6-8,10-11,17-23H2,(H,34,35)(H,36,38)(H,39,40). The van der Waals surface area contributed by atoms with Gasteiger partial charge in [0.1, 0.15) is 24.2 Å². The maximum absolute atomic E-state index is 12.6. The van der Waals surface area contributed by atoms with Crippen molar-refractivity contribution in [3.8, 4) is 5.75 Å². The van der Waals surface area contributed by atoms with Crippen molar-refractivity contribution in [1.29, 1.82) is 0 Å². The van der Waals surface area contributed by atoms with Crippen LogP contribution in [-0.2, 0) is 28.9 Å². The van der Waals surface area contributed by atoms with Crippen LogP contribution in [0.2, 0.25) is 5.02 Å². The molecule has 41 heavy (non-hydrogen) atoms. The fourth-order valence-electron chi connectivity index (χ4n) is 4.92. The number of amides is 1. The number of nitrogens with one attached hydrogen (secondary N) is 2. The number of ether oxygens (including phenoxy) is 1. The minimum absolute atomic E-state index is 0.0321. The summed E-state index contributed by atoms with van der Waals surface area (Å²) < 4.78 is 5.90. The number of aromatic nitrogens is 1. The van der Waals surface area contributed by atoms with E-state index in [-0.39, 0.29) is 18.7 Å². The van der Waals surface area contributed by atoms with Crippen LogP contribution in [0.15, 0.2) is 66.7 Å². The largest absolute Gasteiger partial charge is 0.492 e. The summed E-state index contributed by atoms with van der Waals surface area (Å²) in [6.45, 7) is 3.42. The summed E-state index contributed by atoms with van der Waals surface area (Å²) in [5.41, 5.74) is 3.04. The zero-order valence-corrected chi connectivity index (χ0v) is 24.1. The number of aryl methyl sites for hydroxylation is 2. The van der Waals surface area contributed by atoms with Crippen molar-refractivity contribution in [2.75, 3.05) is 38.1 Å². The van der Waals surface area contributed by atoms with E-state index in [1.807, 2.05) is 30.3 Å². The van der Waals surface area contributed by atoms with Crippen LogP contribution in [0.3, 0.4) is 0 Å². The van der Waals surface area contributed by atoms with Crippen LogP contribution >= 0.6 is 11.6 Å². The average Bonchev–Trinajstić information content (AvgIpc) is 2.98. The monoisotopic (exact) mass is 578 g/mol. The predicted molar refractivity (Wildman–Crippen MR) is 162 cm³/mol. The first-order valence-corrected chi connectivity index (χ1v) is 14.7. The van der Waals surface area contributed by atoms with Gasteiger partial charge in [0, 0.05) is 30.4 Å². The quantitative estimate of drug-likeness (QED) is 0.206. The Labute approximate surface area is 247 Å². The van der Waals surface area contributed by atoms with Crippen molar-refractivity contribution >= 4 is 29.3 Å². The van der Waals surface area contributed by atoms with Gasteiger partial charge in [-0.25, -0.2) is 9.78 Å². The summed E-state index contributed by atoms with van der Waals surface area (Å²) >= 11 is 6.17. The summed E-state index contributed by atoms with van der Waals surface area (Å²) in [5, 5.41) is 16.4. The van der Waals surface area contributed by atoms with Gasteiger partial charge in [0.05, 0.1) is 6.42 Å². The lowest BCUT2D eigenvalue weighted by atomic mass is 10.1. The van der Waals surface area contributed by atoms with Crippen molar-refractivity contribution in [3.63, 3.8) is 0 Å². The molecule has 218 valence electrons. The second kappa shape index (κ2) is 16.0. The molecule has 1 unspecified atom stereocenters. The van der Waals surface area contributed by atoms with Crippen LogP contribution in [0.1, 0.15) is 42.5 Å². The number of para-hydroxylation sites is 1. The smallest absolute Gasteiger partial charge is 0.326 e. The molecule has 0 saturated carbocycles. The number of anilines is 1. The molecule has 0 radical (unpaired) electrons. The molecule has 9 heteroatoms. The Morgan fingerprint density at radius 3 is 2.63 bits per heavy atom. The summed E-state index contributed by atoms with van der Waals surface area (Å²) in [6, 6.07) is 20.0.